The minimum atomic E-state index is -0.136. The van der Waals surface area contributed by atoms with Crippen molar-refractivity contribution in [3.63, 3.8) is 0 Å². The molecule has 16 aromatic carbocycles. The molecule has 0 aromatic heterocycles. The van der Waals surface area contributed by atoms with Crippen LogP contribution >= 0.6 is 0 Å². The Bertz CT molecular complexity index is 6070. The van der Waals surface area contributed by atoms with Crippen molar-refractivity contribution in [2.24, 2.45) is 0 Å². The van der Waals surface area contributed by atoms with E-state index in [0.717, 1.165) is 51.4 Å². The summed E-state index contributed by atoms with van der Waals surface area (Å²) < 4.78 is 0. The van der Waals surface area contributed by atoms with Crippen molar-refractivity contribution in [2.45, 2.75) is 202 Å². The van der Waals surface area contributed by atoms with Crippen LogP contribution < -0.4 is 19.6 Å². The Hall–Kier alpha value is -11.2. The second-order valence-electron chi connectivity index (χ2n) is 38.5. The van der Waals surface area contributed by atoms with E-state index in [4.69, 9.17) is 0 Å². The molecule has 16 aromatic rings. The van der Waals surface area contributed by atoms with Crippen LogP contribution in [0.1, 0.15) is 180 Å². The number of hydrogen-bond donors (Lipinski definition) is 0. The molecule has 570 valence electrons. The van der Waals surface area contributed by atoms with E-state index in [1.54, 1.807) is 0 Å². The van der Waals surface area contributed by atoms with E-state index in [1.807, 2.05) is 0 Å². The van der Waals surface area contributed by atoms with Gasteiger partial charge in [-0.15, -0.1) is 0 Å². The van der Waals surface area contributed by atoms with Crippen molar-refractivity contribution >= 4 is 121 Å². The Morgan fingerprint density at radius 2 is 0.405 bits per heavy atom. The largest absolute Gasteiger partial charge is 0.334 e. The lowest BCUT2D eigenvalue weighted by Crippen LogP contribution is -2.54. The number of rotatable bonds is 8. The smallest absolute Gasteiger partial charge is 0.0518 e. The molecule has 8 unspecified atom stereocenters. The zero-order chi connectivity index (χ0) is 77.8. The second kappa shape index (κ2) is 24.2. The first-order chi connectivity index (χ1) is 56.5. The lowest BCUT2D eigenvalue weighted by Gasteiger charge is -2.50. The van der Waals surface area contributed by atoms with Crippen molar-refractivity contribution in [3.8, 4) is 44.5 Å². The Kier molecular flexibility index (Phi) is 14.4. The van der Waals surface area contributed by atoms with Gasteiger partial charge in [0.2, 0.25) is 0 Å². The summed E-state index contributed by atoms with van der Waals surface area (Å²) in [7, 11) is 0. The van der Waals surface area contributed by atoms with Gasteiger partial charge in [0.1, 0.15) is 0 Å². The molecule has 8 atom stereocenters. The van der Waals surface area contributed by atoms with Gasteiger partial charge < -0.3 is 19.6 Å². The lowest BCUT2D eigenvalue weighted by atomic mass is 9.61. The number of hydrogen-bond acceptors (Lipinski definition) is 4. The minimum Gasteiger partial charge on any atom is -0.334 e. The number of anilines is 8. The third-order valence-electron chi connectivity index (χ3n) is 33.6. The van der Waals surface area contributed by atoms with E-state index in [-0.39, 0.29) is 43.8 Å². The number of nitrogens with zero attached hydrogens (tertiary/aromatic N) is 4. The highest BCUT2D eigenvalue weighted by molar-refractivity contribution is 6.32. The van der Waals surface area contributed by atoms with Gasteiger partial charge in [-0.25, -0.2) is 0 Å². The van der Waals surface area contributed by atoms with Crippen LogP contribution in [0.4, 0.5) is 45.5 Å². The first-order valence-electron chi connectivity index (χ1n) is 44.0. The van der Waals surface area contributed by atoms with E-state index >= 15 is 0 Å². The van der Waals surface area contributed by atoms with Crippen LogP contribution in [0, 0.1) is 0 Å². The van der Waals surface area contributed by atoms with Gasteiger partial charge in [-0.2, -0.15) is 0 Å². The van der Waals surface area contributed by atoms with Gasteiger partial charge in [-0.3, -0.25) is 0 Å². The summed E-state index contributed by atoms with van der Waals surface area (Å²) in [5.74, 6) is 0. The zero-order valence-electron chi connectivity index (χ0n) is 68.7. The summed E-state index contributed by atoms with van der Waals surface area (Å²) in [6.07, 6.45) is 18.9. The Morgan fingerprint density at radius 3 is 0.647 bits per heavy atom. The van der Waals surface area contributed by atoms with Gasteiger partial charge in [-0.05, 0) is 285 Å². The van der Waals surface area contributed by atoms with Gasteiger partial charge in [0.05, 0.1) is 22.2 Å². The number of benzene rings is 16. The van der Waals surface area contributed by atoms with Crippen LogP contribution in [0.15, 0.2) is 279 Å². The van der Waals surface area contributed by atoms with Crippen molar-refractivity contribution < 1.29 is 0 Å². The molecule has 0 bridgehead atoms. The predicted molar refractivity (Wildman–Crippen MR) is 493 cm³/mol. The quantitative estimate of drug-likeness (QED) is 0.141. The van der Waals surface area contributed by atoms with Gasteiger partial charge in [0.25, 0.3) is 0 Å². The molecule has 0 saturated heterocycles. The standard InChI is InChI=1S/C112H102N4/c1-105-57-17-21-61-109(105,5)113(95-41-25-33-71-29-9-13-37-79(71)95)99-53-45-75(65-91(99)105)87-69-88(76-46-54-100-92(66-76)106(2)58-18-22-62-110(106,6)114(100)96-42-26-34-72-30-10-14-38-80(72)96)84-51-52-86-90(78-48-56-102-94(68-78)108(4)60-20-24-64-112(108,8)116(102)98-44-28-36-74-32-12-16-40-82(74)98)70-89(85-50-49-83(87)103(84)104(85)86)77-47-55-101-93(67-77)107(3)59-19-23-63-111(107,7)115(101)97-43-27-35-73-31-11-15-39-81(73)97/h9-16,25-56,65-70H,17-24,57-64H2,1-8H3. The molecule has 0 radical (unpaired) electrons. The van der Waals surface area contributed by atoms with E-state index in [1.165, 1.54) is 239 Å². The summed E-state index contributed by atoms with van der Waals surface area (Å²) >= 11 is 0. The molecule has 4 fully saturated rings. The van der Waals surface area contributed by atoms with E-state index < -0.39 is 0 Å². The van der Waals surface area contributed by atoms with Crippen LogP contribution in [0.25, 0.3) is 120 Å². The maximum atomic E-state index is 2.81. The second-order valence-corrected chi connectivity index (χ2v) is 38.5. The first-order valence-corrected chi connectivity index (χ1v) is 44.0. The summed E-state index contributed by atoms with van der Waals surface area (Å²) in [5, 5.41) is 18.4. The van der Waals surface area contributed by atoms with Gasteiger partial charge in [-0.1, -0.05) is 273 Å². The first kappa shape index (κ1) is 69.1. The Balaban J connectivity index is 0.786. The highest BCUT2D eigenvalue weighted by Crippen LogP contribution is 2.68. The topological polar surface area (TPSA) is 13.0 Å². The van der Waals surface area contributed by atoms with Crippen LogP contribution in [0.3, 0.4) is 0 Å². The molecule has 116 heavy (non-hydrogen) atoms. The van der Waals surface area contributed by atoms with E-state index in [0.29, 0.717) is 0 Å². The predicted octanol–water partition coefficient (Wildman–Crippen LogP) is 30.8. The van der Waals surface area contributed by atoms with Crippen LogP contribution in [0.2, 0.25) is 0 Å². The highest BCUT2D eigenvalue weighted by Gasteiger charge is 2.62. The Morgan fingerprint density at radius 1 is 0.190 bits per heavy atom. The van der Waals surface area contributed by atoms with E-state index in [9.17, 15) is 0 Å². The summed E-state index contributed by atoms with van der Waals surface area (Å²) in [6.45, 7) is 21.0. The number of fused-ring (bicyclic) bond motifs is 16. The SMILES string of the molecule is CC12CCCCC1(C)N(c1cccc3ccccc13)c1ccc(-c3cc(-c4ccc5c(c4)C4(C)CCCCC4(C)N5c4cccc5ccccc45)c4ccc5c(-c6ccc7c(c6)C6(C)CCCCC6(C)N7c6cccc7ccccc67)cc(-c6ccc7c(c6)C6(C)CCCCC6(C)N7c6cccc7ccccc67)c6ccc3c4c65)cc12. The highest BCUT2D eigenvalue weighted by atomic mass is 15.3. The average molecular weight is 1500 g/mol. The maximum Gasteiger partial charge on any atom is 0.0518 e. The van der Waals surface area contributed by atoms with E-state index in [2.05, 4.69) is 354 Å². The van der Waals surface area contributed by atoms with Gasteiger partial charge in [0, 0.05) is 88.7 Å². The molecule has 4 nitrogen and oxygen atoms in total. The van der Waals surface area contributed by atoms with Gasteiger partial charge in [0.15, 0.2) is 0 Å². The molecule has 0 N–H and O–H groups in total. The lowest BCUT2D eigenvalue weighted by molar-refractivity contribution is 0.195. The third kappa shape index (κ3) is 8.86. The maximum absolute atomic E-state index is 2.81. The summed E-state index contributed by atoms with van der Waals surface area (Å²) in [4.78, 5) is 11.2. The minimum absolute atomic E-state index is 0.107. The van der Waals surface area contributed by atoms with Crippen molar-refractivity contribution in [2.75, 3.05) is 19.6 Å². The van der Waals surface area contributed by atoms with Crippen molar-refractivity contribution in [1.82, 2.24) is 0 Å². The molecule has 4 aliphatic heterocycles. The van der Waals surface area contributed by atoms with Crippen molar-refractivity contribution in [1.29, 1.82) is 0 Å². The fourth-order valence-corrected chi connectivity index (χ4v) is 26.7. The monoisotopic (exact) mass is 1500 g/mol. The molecule has 8 aliphatic rings. The molecular weight excluding hydrogens is 1400 g/mol. The molecule has 4 aliphatic carbocycles. The molecule has 4 heterocycles. The fourth-order valence-electron chi connectivity index (χ4n) is 26.7. The average Bonchev–Trinajstić information content (AvgIpc) is 1.43. The van der Waals surface area contributed by atoms with Crippen LogP contribution in [-0.2, 0) is 21.7 Å². The van der Waals surface area contributed by atoms with Crippen molar-refractivity contribution in [3.05, 3.63) is 301 Å². The molecule has 4 heteroatoms. The molecule has 0 amide bonds. The summed E-state index contributed by atoms with van der Waals surface area (Å²) in [6, 6.07) is 111. The molecule has 0 spiro atoms. The third-order valence-corrected chi connectivity index (χ3v) is 33.6. The molecule has 24 rings (SSSR count). The molecular formula is C112H102N4. The zero-order valence-corrected chi connectivity index (χ0v) is 68.7. The summed E-state index contributed by atoms with van der Waals surface area (Å²) in [5.41, 5.74) is 26.1. The van der Waals surface area contributed by atoms with Crippen LogP contribution in [0.5, 0.6) is 0 Å². The van der Waals surface area contributed by atoms with Crippen LogP contribution in [-0.4, -0.2) is 22.2 Å². The Labute approximate surface area is 683 Å². The molecule has 4 saturated carbocycles. The normalized spacial score (nSPS) is 26.4. The van der Waals surface area contributed by atoms with Gasteiger partial charge >= 0.3 is 0 Å². The fraction of sp³-hybridized carbons (Fsp3) is 0.286.